The predicted molar refractivity (Wildman–Crippen MR) is 101 cm³/mol. The summed E-state index contributed by atoms with van der Waals surface area (Å²) in [7, 11) is 0. The van der Waals surface area contributed by atoms with E-state index in [4.69, 9.17) is 4.74 Å². The molecule has 1 aliphatic carbocycles. The van der Waals surface area contributed by atoms with Gasteiger partial charge in [0.1, 0.15) is 5.75 Å². The fourth-order valence-electron chi connectivity index (χ4n) is 3.01. The van der Waals surface area contributed by atoms with Crippen LogP contribution in [0.2, 0.25) is 0 Å². The Morgan fingerprint density at radius 3 is 2.62 bits per heavy atom. The Morgan fingerprint density at radius 1 is 1.12 bits per heavy atom. The molecule has 0 bridgehead atoms. The smallest absolute Gasteiger partial charge is 0.265 e. The van der Waals surface area contributed by atoms with Crippen LogP contribution in [-0.4, -0.2) is 12.0 Å². The lowest BCUT2D eigenvalue weighted by molar-refractivity contribution is -0.122. The number of carbonyl (C=O) groups excluding carboxylic acids is 1. The van der Waals surface area contributed by atoms with E-state index in [0.29, 0.717) is 0 Å². The summed E-state index contributed by atoms with van der Waals surface area (Å²) in [5.74, 6) is 0.625. The molecule has 2 aromatic rings. The number of rotatable bonds is 4. The third kappa shape index (κ3) is 3.99. The minimum Gasteiger partial charge on any atom is -0.481 e. The van der Waals surface area contributed by atoms with E-state index in [2.05, 4.69) is 33.4 Å². The molecule has 1 atom stereocenters. The maximum atomic E-state index is 12.4. The van der Waals surface area contributed by atoms with E-state index in [-0.39, 0.29) is 5.91 Å². The lowest BCUT2D eigenvalue weighted by Crippen LogP contribution is -2.30. The maximum Gasteiger partial charge on any atom is 0.265 e. The Hall–Kier alpha value is -1.81. The van der Waals surface area contributed by atoms with Gasteiger partial charge in [0.15, 0.2) is 6.10 Å². The van der Waals surface area contributed by atoms with E-state index in [1.807, 2.05) is 31.2 Å². The van der Waals surface area contributed by atoms with Crippen molar-refractivity contribution in [3.63, 3.8) is 0 Å². The van der Waals surface area contributed by atoms with Gasteiger partial charge in [-0.2, -0.15) is 0 Å². The highest BCUT2D eigenvalue weighted by molar-refractivity contribution is 9.10. The number of nitrogens with one attached hydrogen (secondary N) is 1. The van der Waals surface area contributed by atoms with Gasteiger partial charge in [0.2, 0.25) is 0 Å². The maximum absolute atomic E-state index is 12.4. The Bertz CT molecular complexity index is 757. The first-order valence-corrected chi connectivity index (χ1v) is 9.18. The van der Waals surface area contributed by atoms with Gasteiger partial charge in [0, 0.05) is 10.2 Å². The minimum atomic E-state index is -0.546. The van der Waals surface area contributed by atoms with Crippen molar-refractivity contribution in [2.75, 3.05) is 5.32 Å². The van der Waals surface area contributed by atoms with Gasteiger partial charge in [-0.05, 0) is 86.6 Å². The first-order chi connectivity index (χ1) is 11.5. The SMILES string of the molecule is Cc1cc(NC(=O)[C@@H](C)Oc2ccc3c(c2)CCCC3)ccc1Br. The third-order valence-electron chi connectivity index (χ3n) is 4.43. The lowest BCUT2D eigenvalue weighted by Gasteiger charge is -2.19. The molecule has 4 heteroatoms. The quantitative estimate of drug-likeness (QED) is 0.797. The molecule has 2 aromatic carbocycles. The number of hydrogen-bond acceptors (Lipinski definition) is 2. The summed E-state index contributed by atoms with van der Waals surface area (Å²) in [6.07, 6.45) is 4.20. The number of halogens is 1. The molecular formula is C20H22BrNO2. The van der Waals surface area contributed by atoms with Crippen LogP contribution in [0.15, 0.2) is 40.9 Å². The van der Waals surface area contributed by atoms with E-state index < -0.39 is 6.10 Å². The van der Waals surface area contributed by atoms with Crippen molar-refractivity contribution in [3.8, 4) is 5.75 Å². The van der Waals surface area contributed by atoms with E-state index in [1.54, 1.807) is 6.92 Å². The molecule has 0 radical (unpaired) electrons. The zero-order valence-corrected chi connectivity index (χ0v) is 15.7. The fraction of sp³-hybridized carbons (Fsp3) is 0.350. The molecule has 1 amide bonds. The van der Waals surface area contributed by atoms with Crippen LogP contribution in [0.1, 0.15) is 36.5 Å². The summed E-state index contributed by atoms with van der Waals surface area (Å²) < 4.78 is 6.87. The predicted octanol–water partition coefficient (Wildman–Crippen LogP) is 5.04. The highest BCUT2D eigenvalue weighted by Crippen LogP contribution is 2.26. The summed E-state index contributed by atoms with van der Waals surface area (Å²) in [5, 5.41) is 2.91. The topological polar surface area (TPSA) is 38.3 Å². The largest absolute Gasteiger partial charge is 0.481 e. The summed E-state index contributed by atoms with van der Waals surface area (Å²) >= 11 is 3.46. The number of carbonyl (C=O) groups is 1. The summed E-state index contributed by atoms with van der Waals surface area (Å²) in [5.41, 5.74) is 4.63. The highest BCUT2D eigenvalue weighted by Gasteiger charge is 2.17. The first-order valence-electron chi connectivity index (χ1n) is 8.38. The molecule has 0 spiro atoms. The number of amides is 1. The molecule has 0 aromatic heterocycles. The van der Waals surface area contributed by atoms with Crippen LogP contribution in [0.5, 0.6) is 5.75 Å². The van der Waals surface area contributed by atoms with Crippen LogP contribution in [0.4, 0.5) is 5.69 Å². The number of aryl methyl sites for hydroxylation is 3. The summed E-state index contributed by atoms with van der Waals surface area (Å²) in [6.45, 7) is 3.77. The Labute approximate surface area is 151 Å². The monoisotopic (exact) mass is 387 g/mol. The van der Waals surface area contributed by atoms with Crippen LogP contribution in [-0.2, 0) is 17.6 Å². The standard InChI is InChI=1S/C20H22BrNO2/c1-13-11-17(8-10-19(13)21)22-20(23)14(2)24-18-9-7-15-5-3-4-6-16(15)12-18/h7-12,14H,3-6H2,1-2H3,(H,22,23)/t14-/m1/s1. The molecule has 1 N–H and O–H groups in total. The van der Waals surface area contributed by atoms with E-state index in [1.165, 1.54) is 24.0 Å². The van der Waals surface area contributed by atoms with Gasteiger partial charge in [-0.15, -0.1) is 0 Å². The van der Waals surface area contributed by atoms with Gasteiger partial charge in [-0.25, -0.2) is 0 Å². The molecule has 3 nitrogen and oxygen atoms in total. The second-order valence-corrected chi connectivity index (χ2v) is 7.21. The zero-order valence-electron chi connectivity index (χ0n) is 14.1. The molecule has 3 rings (SSSR count). The average Bonchev–Trinajstić information content (AvgIpc) is 2.58. The van der Waals surface area contributed by atoms with Crippen LogP contribution in [0.25, 0.3) is 0 Å². The van der Waals surface area contributed by atoms with Crippen LogP contribution in [0.3, 0.4) is 0 Å². The molecule has 24 heavy (non-hydrogen) atoms. The zero-order chi connectivity index (χ0) is 17.1. The molecule has 0 saturated carbocycles. The first kappa shape index (κ1) is 17.0. The van der Waals surface area contributed by atoms with Gasteiger partial charge >= 0.3 is 0 Å². The average molecular weight is 388 g/mol. The second-order valence-electron chi connectivity index (χ2n) is 6.35. The van der Waals surface area contributed by atoms with Crippen molar-refractivity contribution < 1.29 is 9.53 Å². The number of fused-ring (bicyclic) bond motifs is 1. The molecule has 0 heterocycles. The minimum absolute atomic E-state index is 0.144. The molecule has 1 aliphatic rings. The molecular weight excluding hydrogens is 366 g/mol. The van der Waals surface area contributed by atoms with Gasteiger partial charge < -0.3 is 10.1 Å². The summed E-state index contributed by atoms with van der Waals surface area (Å²) in [6, 6.07) is 11.9. The molecule has 0 aliphatic heterocycles. The lowest BCUT2D eigenvalue weighted by atomic mass is 9.92. The van der Waals surface area contributed by atoms with Crippen molar-refractivity contribution in [3.05, 3.63) is 57.6 Å². The van der Waals surface area contributed by atoms with Gasteiger partial charge in [-0.1, -0.05) is 22.0 Å². The Kier molecular flexibility index (Phi) is 5.24. The normalized spacial score (nSPS) is 14.6. The number of benzene rings is 2. The number of ether oxygens (including phenoxy) is 1. The molecule has 0 fully saturated rings. The van der Waals surface area contributed by atoms with Crippen molar-refractivity contribution in [1.82, 2.24) is 0 Å². The molecule has 0 unspecified atom stereocenters. The highest BCUT2D eigenvalue weighted by atomic mass is 79.9. The van der Waals surface area contributed by atoms with Crippen LogP contribution >= 0.6 is 15.9 Å². The van der Waals surface area contributed by atoms with Gasteiger partial charge in [-0.3, -0.25) is 4.79 Å². The number of anilines is 1. The number of hydrogen-bond donors (Lipinski definition) is 1. The summed E-state index contributed by atoms with van der Waals surface area (Å²) in [4.78, 5) is 12.4. The van der Waals surface area contributed by atoms with Gasteiger partial charge in [0.25, 0.3) is 5.91 Å². The van der Waals surface area contributed by atoms with Crippen LogP contribution in [0, 0.1) is 6.92 Å². The second kappa shape index (κ2) is 7.39. The fourth-order valence-corrected chi connectivity index (χ4v) is 3.25. The Morgan fingerprint density at radius 2 is 1.88 bits per heavy atom. The Balaban J connectivity index is 1.64. The molecule has 126 valence electrons. The van der Waals surface area contributed by atoms with Gasteiger partial charge in [0.05, 0.1) is 0 Å². The van der Waals surface area contributed by atoms with Crippen molar-refractivity contribution >= 4 is 27.5 Å². The van der Waals surface area contributed by atoms with Crippen molar-refractivity contribution in [2.24, 2.45) is 0 Å². The van der Waals surface area contributed by atoms with Crippen molar-refractivity contribution in [2.45, 2.75) is 45.6 Å². The third-order valence-corrected chi connectivity index (χ3v) is 5.32. The van der Waals surface area contributed by atoms with E-state index in [9.17, 15) is 4.79 Å². The molecule has 0 saturated heterocycles. The van der Waals surface area contributed by atoms with E-state index in [0.717, 1.165) is 34.3 Å². The van der Waals surface area contributed by atoms with Crippen LogP contribution < -0.4 is 10.1 Å². The van der Waals surface area contributed by atoms with Crippen molar-refractivity contribution in [1.29, 1.82) is 0 Å². The van der Waals surface area contributed by atoms with E-state index >= 15 is 0 Å².